The Labute approximate surface area is 205 Å². The van der Waals surface area contributed by atoms with Crippen LogP contribution in [-0.4, -0.2) is 40.7 Å². The van der Waals surface area contributed by atoms with Gasteiger partial charge in [0.25, 0.3) is 5.89 Å². The van der Waals surface area contributed by atoms with Crippen molar-refractivity contribution in [2.45, 2.75) is 26.2 Å². The second kappa shape index (κ2) is 10.5. The fourth-order valence-corrected chi connectivity index (χ4v) is 4.44. The van der Waals surface area contributed by atoms with Crippen molar-refractivity contribution < 1.29 is 9.32 Å². The normalized spacial score (nSPS) is 14.1. The number of amides is 1. The third-order valence-corrected chi connectivity index (χ3v) is 6.47. The van der Waals surface area contributed by atoms with Crippen LogP contribution >= 0.6 is 0 Å². The first-order chi connectivity index (χ1) is 17.2. The standard InChI is InChI=1S/C28H29N5O2/c1-20-9-11-22(12-10-20)25-31-28(35-32-25)24-8-5-16-29-26(24)33-18-14-23(15-19-33)27(34)30-17-13-21-6-3-2-4-7-21/h2-12,16,23H,13-15,17-19H2,1H3,(H,30,34). The summed E-state index contributed by atoms with van der Waals surface area (Å²) in [6.45, 7) is 4.21. The molecule has 0 saturated carbocycles. The molecule has 0 atom stereocenters. The van der Waals surface area contributed by atoms with Gasteiger partial charge >= 0.3 is 0 Å². The van der Waals surface area contributed by atoms with Gasteiger partial charge in [-0.15, -0.1) is 0 Å². The first-order valence-corrected chi connectivity index (χ1v) is 12.1. The third kappa shape index (κ3) is 5.40. The van der Waals surface area contributed by atoms with E-state index in [1.54, 1.807) is 6.20 Å². The lowest BCUT2D eigenvalue weighted by molar-refractivity contribution is -0.125. The predicted molar refractivity (Wildman–Crippen MR) is 136 cm³/mol. The van der Waals surface area contributed by atoms with E-state index < -0.39 is 0 Å². The summed E-state index contributed by atoms with van der Waals surface area (Å²) in [7, 11) is 0. The smallest absolute Gasteiger partial charge is 0.261 e. The summed E-state index contributed by atoms with van der Waals surface area (Å²) in [6.07, 6.45) is 4.19. The van der Waals surface area contributed by atoms with Crippen LogP contribution in [-0.2, 0) is 11.2 Å². The maximum Gasteiger partial charge on any atom is 0.261 e. The molecular formula is C28H29N5O2. The van der Waals surface area contributed by atoms with Crippen LogP contribution in [0.2, 0.25) is 0 Å². The van der Waals surface area contributed by atoms with E-state index in [9.17, 15) is 4.79 Å². The molecule has 7 heteroatoms. The van der Waals surface area contributed by atoms with E-state index in [0.717, 1.165) is 49.3 Å². The van der Waals surface area contributed by atoms with Crippen molar-refractivity contribution >= 4 is 11.7 Å². The maximum absolute atomic E-state index is 12.7. The second-order valence-corrected chi connectivity index (χ2v) is 8.95. The molecule has 0 bridgehead atoms. The van der Waals surface area contributed by atoms with Crippen molar-refractivity contribution in [1.82, 2.24) is 20.4 Å². The topological polar surface area (TPSA) is 84.2 Å². The molecule has 2 aromatic carbocycles. The molecule has 0 aliphatic carbocycles. The van der Waals surface area contributed by atoms with E-state index in [1.807, 2.05) is 61.5 Å². The molecule has 178 valence electrons. The van der Waals surface area contributed by atoms with E-state index in [0.29, 0.717) is 18.3 Å². The van der Waals surface area contributed by atoms with Crippen molar-refractivity contribution in [3.63, 3.8) is 0 Å². The SMILES string of the molecule is Cc1ccc(-c2noc(-c3cccnc3N3CCC(C(=O)NCCc4ccccc4)CC3)n2)cc1. The van der Waals surface area contributed by atoms with Gasteiger partial charge in [0, 0.05) is 37.3 Å². The summed E-state index contributed by atoms with van der Waals surface area (Å²) in [5, 5.41) is 7.29. The molecule has 3 heterocycles. The number of anilines is 1. The van der Waals surface area contributed by atoms with Crippen molar-refractivity contribution in [3.05, 3.63) is 84.1 Å². The van der Waals surface area contributed by atoms with Crippen molar-refractivity contribution in [2.24, 2.45) is 5.92 Å². The molecule has 4 aromatic rings. The minimum absolute atomic E-state index is 0.0192. The Bertz CT molecular complexity index is 1260. The van der Waals surface area contributed by atoms with Gasteiger partial charge in [0.2, 0.25) is 11.7 Å². The fraction of sp³-hybridized carbons (Fsp3) is 0.286. The van der Waals surface area contributed by atoms with Gasteiger partial charge in [-0.3, -0.25) is 4.79 Å². The van der Waals surface area contributed by atoms with Crippen LogP contribution < -0.4 is 10.2 Å². The number of aromatic nitrogens is 3. The highest BCUT2D eigenvalue weighted by molar-refractivity contribution is 5.79. The maximum atomic E-state index is 12.7. The van der Waals surface area contributed by atoms with Crippen LogP contribution in [0.3, 0.4) is 0 Å². The number of rotatable bonds is 7. The first-order valence-electron chi connectivity index (χ1n) is 12.1. The number of hydrogen-bond donors (Lipinski definition) is 1. The van der Waals surface area contributed by atoms with Crippen LogP contribution in [0, 0.1) is 12.8 Å². The Morgan fingerprint density at radius 3 is 2.57 bits per heavy atom. The van der Waals surface area contributed by atoms with Gasteiger partial charge in [-0.25, -0.2) is 4.98 Å². The van der Waals surface area contributed by atoms with Crippen molar-refractivity contribution in [3.8, 4) is 22.8 Å². The highest BCUT2D eigenvalue weighted by Gasteiger charge is 2.27. The molecule has 0 radical (unpaired) electrons. The minimum Gasteiger partial charge on any atom is -0.356 e. The van der Waals surface area contributed by atoms with Gasteiger partial charge in [-0.2, -0.15) is 4.98 Å². The molecule has 35 heavy (non-hydrogen) atoms. The van der Waals surface area contributed by atoms with Gasteiger partial charge in [0.05, 0.1) is 5.56 Å². The number of pyridine rings is 1. The van der Waals surface area contributed by atoms with Crippen LogP contribution in [0.1, 0.15) is 24.0 Å². The van der Waals surface area contributed by atoms with Crippen LogP contribution in [0.25, 0.3) is 22.8 Å². The first kappa shape index (κ1) is 22.8. The number of nitrogens with zero attached hydrogens (tertiary/aromatic N) is 4. The van der Waals surface area contributed by atoms with E-state index in [1.165, 1.54) is 11.1 Å². The molecule has 0 unspecified atom stereocenters. The highest BCUT2D eigenvalue weighted by atomic mass is 16.5. The largest absolute Gasteiger partial charge is 0.356 e. The molecule has 0 spiro atoms. The summed E-state index contributed by atoms with van der Waals surface area (Å²) in [6, 6.07) is 22.1. The zero-order valence-electron chi connectivity index (χ0n) is 19.9. The molecule has 2 aromatic heterocycles. The Balaban J connectivity index is 1.21. The molecular weight excluding hydrogens is 438 g/mol. The van der Waals surface area contributed by atoms with E-state index >= 15 is 0 Å². The van der Waals surface area contributed by atoms with Gasteiger partial charge in [-0.05, 0) is 43.9 Å². The fourth-order valence-electron chi connectivity index (χ4n) is 4.44. The average Bonchev–Trinajstić information content (AvgIpc) is 3.40. The third-order valence-electron chi connectivity index (χ3n) is 6.47. The molecule has 1 N–H and O–H groups in total. The summed E-state index contributed by atoms with van der Waals surface area (Å²) < 4.78 is 5.62. The Morgan fingerprint density at radius 2 is 1.80 bits per heavy atom. The van der Waals surface area contributed by atoms with Crippen molar-refractivity contribution in [1.29, 1.82) is 0 Å². The monoisotopic (exact) mass is 467 g/mol. The molecule has 1 saturated heterocycles. The number of hydrogen-bond acceptors (Lipinski definition) is 6. The van der Waals surface area contributed by atoms with Gasteiger partial charge in [0.15, 0.2) is 0 Å². The molecule has 5 rings (SSSR count). The molecule has 1 fully saturated rings. The van der Waals surface area contributed by atoms with E-state index in [-0.39, 0.29) is 11.8 Å². The lowest BCUT2D eigenvalue weighted by Gasteiger charge is -2.32. The van der Waals surface area contributed by atoms with Gasteiger partial charge in [-0.1, -0.05) is 65.3 Å². The zero-order valence-corrected chi connectivity index (χ0v) is 19.9. The average molecular weight is 468 g/mol. The lowest BCUT2D eigenvalue weighted by Crippen LogP contribution is -2.41. The summed E-state index contributed by atoms with van der Waals surface area (Å²) in [4.78, 5) is 24.2. The Morgan fingerprint density at radius 1 is 1.03 bits per heavy atom. The molecule has 1 amide bonds. The van der Waals surface area contributed by atoms with E-state index in [4.69, 9.17) is 4.52 Å². The highest BCUT2D eigenvalue weighted by Crippen LogP contribution is 2.32. The number of carbonyl (C=O) groups excluding carboxylic acids is 1. The zero-order chi connectivity index (χ0) is 24.0. The Hall–Kier alpha value is -4.00. The number of benzene rings is 2. The van der Waals surface area contributed by atoms with Crippen molar-refractivity contribution in [2.75, 3.05) is 24.5 Å². The number of piperidine rings is 1. The quantitative estimate of drug-likeness (QED) is 0.425. The second-order valence-electron chi connectivity index (χ2n) is 8.95. The van der Waals surface area contributed by atoms with E-state index in [2.05, 4.69) is 37.5 Å². The molecule has 7 nitrogen and oxygen atoms in total. The number of aryl methyl sites for hydroxylation is 1. The number of nitrogens with one attached hydrogen (secondary N) is 1. The van der Waals surface area contributed by atoms with Crippen LogP contribution in [0.15, 0.2) is 77.4 Å². The van der Waals surface area contributed by atoms with Gasteiger partial charge < -0.3 is 14.7 Å². The summed E-state index contributed by atoms with van der Waals surface area (Å²) in [5.41, 5.74) is 4.14. The van der Waals surface area contributed by atoms with Gasteiger partial charge in [0.1, 0.15) is 5.82 Å². The Kier molecular flexibility index (Phi) is 6.84. The van der Waals surface area contributed by atoms with Crippen LogP contribution in [0.5, 0.6) is 0 Å². The number of carbonyl (C=O) groups is 1. The lowest BCUT2D eigenvalue weighted by atomic mass is 9.95. The summed E-state index contributed by atoms with van der Waals surface area (Å²) >= 11 is 0. The molecule has 1 aliphatic rings. The predicted octanol–water partition coefficient (Wildman–Crippen LogP) is 4.68. The molecule has 1 aliphatic heterocycles. The summed E-state index contributed by atoms with van der Waals surface area (Å²) in [5.74, 6) is 1.98. The minimum atomic E-state index is 0.0192. The van der Waals surface area contributed by atoms with Crippen LogP contribution in [0.4, 0.5) is 5.82 Å².